The largest absolute Gasteiger partial charge is 0.481 e. The van der Waals surface area contributed by atoms with Crippen molar-refractivity contribution in [3.05, 3.63) is 58.0 Å². The zero-order chi connectivity index (χ0) is 13.2. The number of halogens is 1. The van der Waals surface area contributed by atoms with Crippen molar-refractivity contribution in [1.29, 1.82) is 0 Å². The van der Waals surface area contributed by atoms with Crippen LogP contribution in [0.3, 0.4) is 0 Å². The van der Waals surface area contributed by atoms with E-state index in [4.69, 9.17) is 0 Å². The fourth-order valence-corrected chi connectivity index (χ4v) is 2.82. The first kappa shape index (κ1) is 12.8. The second kappa shape index (κ2) is 4.90. The van der Waals surface area contributed by atoms with E-state index >= 15 is 0 Å². The number of carboxylic acids is 1. The Bertz CT molecular complexity index is 551. The summed E-state index contributed by atoms with van der Waals surface area (Å²) in [6, 6.07) is 9.79. The Morgan fingerprint density at radius 3 is 2.61 bits per heavy atom. The molecule has 0 aliphatic heterocycles. The molecule has 1 heterocycles. The molecule has 4 heteroatoms. The van der Waals surface area contributed by atoms with Gasteiger partial charge in [-0.3, -0.25) is 4.79 Å². The van der Waals surface area contributed by atoms with Crippen molar-refractivity contribution in [2.45, 2.75) is 18.8 Å². The lowest BCUT2D eigenvalue weighted by Crippen LogP contribution is -2.35. The minimum Gasteiger partial charge on any atom is -0.481 e. The van der Waals surface area contributed by atoms with Gasteiger partial charge < -0.3 is 5.11 Å². The van der Waals surface area contributed by atoms with Crippen LogP contribution in [0.15, 0.2) is 41.8 Å². The number of aliphatic carboxylic acids is 1. The zero-order valence-electron chi connectivity index (χ0n) is 9.89. The van der Waals surface area contributed by atoms with Crippen LogP contribution < -0.4 is 0 Å². The van der Waals surface area contributed by atoms with Crippen LogP contribution in [-0.4, -0.2) is 11.1 Å². The number of carboxylic acid groups (broad SMARTS) is 1. The number of hydrogen-bond acceptors (Lipinski definition) is 2. The lowest BCUT2D eigenvalue weighted by Gasteiger charge is -2.25. The Kier molecular flexibility index (Phi) is 3.48. The van der Waals surface area contributed by atoms with Gasteiger partial charge in [0.2, 0.25) is 0 Å². The van der Waals surface area contributed by atoms with Crippen LogP contribution in [0.4, 0.5) is 4.39 Å². The Labute approximate surface area is 109 Å². The second-order valence-corrected chi connectivity index (χ2v) is 5.41. The molecule has 1 aromatic heterocycles. The van der Waals surface area contributed by atoms with Gasteiger partial charge in [0.25, 0.3) is 0 Å². The molecule has 1 N–H and O–H groups in total. The van der Waals surface area contributed by atoms with Crippen LogP contribution in [0.5, 0.6) is 0 Å². The molecule has 18 heavy (non-hydrogen) atoms. The lowest BCUT2D eigenvalue weighted by atomic mass is 9.79. The second-order valence-electron chi connectivity index (χ2n) is 4.37. The molecule has 0 saturated carbocycles. The summed E-state index contributed by atoms with van der Waals surface area (Å²) >= 11 is 1.48. The van der Waals surface area contributed by atoms with E-state index in [1.165, 1.54) is 23.5 Å². The molecule has 0 fully saturated rings. The van der Waals surface area contributed by atoms with Gasteiger partial charge in [0.05, 0.1) is 5.41 Å². The predicted molar refractivity (Wildman–Crippen MR) is 69.4 cm³/mol. The van der Waals surface area contributed by atoms with E-state index in [1.54, 1.807) is 19.1 Å². The van der Waals surface area contributed by atoms with Gasteiger partial charge >= 0.3 is 5.97 Å². The van der Waals surface area contributed by atoms with E-state index in [2.05, 4.69) is 0 Å². The highest BCUT2D eigenvalue weighted by molar-refractivity contribution is 7.09. The van der Waals surface area contributed by atoms with Gasteiger partial charge in [0.15, 0.2) is 0 Å². The van der Waals surface area contributed by atoms with Crippen LogP contribution in [0, 0.1) is 5.82 Å². The molecule has 0 spiro atoms. The Hall–Kier alpha value is -1.68. The summed E-state index contributed by atoms with van der Waals surface area (Å²) in [6.45, 7) is 1.56. The lowest BCUT2D eigenvalue weighted by molar-refractivity contribution is -0.143. The standard InChI is InChI=1S/C14H13FO2S/c1-14(13(16)17,9-10-5-4-8-18-10)11-6-2-3-7-12(11)15/h2-8H,9H2,1H3,(H,16,17). The van der Waals surface area contributed by atoms with Crippen molar-refractivity contribution in [2.75, 3.05) is 0 Å². The normalized spacial score (nSPS) is 14.1. The number of benzene rings is 1. The van der Waals surface area contributed by atoms with E-state index in [0.717, 1.165) is 4.88 Å². The first-order valence-corrected chi connectivity index (χ1v) is 6.43. The maximum Gasteiger partial charge on any atom is 0.314 e. The van der Waals surface area contributed by atoms with Gasteiger partial charge in [-0.05, 0) is 24.4 Å². The summed E-state index contributed by atoms with van der Waals surface area (Å²) in [5.74, 6) is -1.49. The van der Waals surface area contributed by atoms with Crippen molar-refractivity contribution in [1.82, 2.24) is 0 Å². The van der Waals surface area contributed by atoms with E-state index in [0.29, 0.717) is 6.42 Å². The molecule has 0 radical (unpaired) electrons. The highest BCUT2D eigenvalue weighted by Crippen LogP contribution is 2.31. The Morgan fingerprint density at radius 2 is 2.06 bits per heavy atom. The smallest absolute Gasteiger partial charge is 0.314 e. The summed E-state index contributed by atoms with van der Waals surface area (Å²) in [4.78, 5) is 12.5. The molecule has 2 nitrogen and oxygen atoms in total. The van der Waals surface area contributed by atoms with Crippen LogP contribution >= 0.6 is 11.3 Å². The molecular weight excluding hydrogens is 251 g/mol. The van der Waals surface area contributed by atoms with Gasteiger partial charge in [-0.2, -0.15) is 0 Å². The van der Waals surface area contributed by atoms with Crippen LogP contribution in [0.25, 0.3) is 0 Å². The molecular formula is C14H13FO2S. The van der Waals surface area contributed by atoms with Crippen LogP contribution in [-0.2, 0) is 16.6 Å². The summed E-state index contributed by atoms with van der Waals surface area (Å²) in [5, 5.41) is 11.3. The van der Waals surface area contributed by atoms with Crippen molar-refractivity contribution < 1.29 is 14.3 Å². The number of thiophene rings is 1. The summed E-state index contributed by atoms with van der Waals surface area (Å²) in [6.07, 6.45) is 0.293. The monoisotopic (exact) mass is 264 g/mol. The van der Waals surface area contributed by atoms with E-state index in [9.17, 15) is 14.3 Å². The van der Waals surface area contributed by atoms with Gasteiger partial charge in [0.1, 0.15) is 5.82 Å². The molecule has 2 rings (SSSR count). The molecule has 0 aliphatic rings. The number of rotatable bonds is 4. The molecule has 1 unspecified atom stereocenters. The summed E-state index contributed by atoms with van der Waals surface area (Å²) in [7, 11) is 0. The molecule has 94 valence electrons. The highest BCUT2D eigenvalue weighted by Gasteiger charge is 2.37. The number of hydrogen-bond donors (Lipinski definition) is 1. The molecule has 2 aromatic rings. The highest BCUT2D eigenvalue weighted by atomic mass is 32.1. The molecule has 0 amide bonds. The van der Waals surface area contributed by atoms with Crippen molar-refractivity contribution >= 4 is 17.3 Å². The van der Waals surface area contributed by atoms with E-state index in [-0.39, 0.29) is 5.56 Å². The minimum atomic E-state index is -1.24. The number of carbonyl (C=O) groups is 1. The third-order valence-electron chi connectivity index (χ3n) is 3.05. The van der Waals surface area contributed by atoms with Gasteiger partial charge in [0, 0.05) is 16.9 Å². The molecule has 0 bridgehead atoms. The molecule has 0 saturated heterocycles. The minimum absolute atomic E-state index is 0.228. The van der Waals surface area contributed by atoms with Gasteiger partial charge in [-0.25, -0.2) is 4.39 Å². The average molecular weight is 264 g/mol. The predicted octanol–water partition coefficient (Wildman–Crippen LogP) is 3.47. The fraction of sp³-hybridized carbons (Fsp3) is 0.214. The third kappa shape index (κ3) is 2.29. The topological polar surface area (TPSA) is 37.3 Å². The first-order valence-electron chi connectivity index (χ1n) is 5.55. The van der Waals surface area contributed by atoms with E-state index in [1.807, 2.05) is 17.5 Å². The van der Waals surface area contributed by atoms with Crippen molar-refractivity contribution in [3.63, 3.8) is 0 Å². The first-order chi connectivity index (χ1) is 8.54. The van der Waals surface area contributed by atoms with E-state index < -0.39 is 17.2 Å². The van der Waals surface area contributed by atoms with Crippen LogP contribution in [0.2, 0.25) is 0 Å². The van der Waals surface area contributed by atoms with Crippen LogP contribution in [0.1, 0.15) is 17.4 Å². The SMILES string of the molecule is CC(Cc1cccs1)(C(=O)O)c1ccccc1F. The average Bonchev–Trinajstić information content (AvgIpc) is 2.81. The summed E-state index contributed by atoms with van der Waals surface area (Å²) in [5.41, 5.74) is -1.01. The zero-order valence-corrected chi connectivity index (χ0v) is 10.7. The molecule has 1 atom stereocenters. The molecule has 0 aliphatic carbocycles. The maximum atomic E-state index is 13.8. The van der Waals surface area contributed by atoms with Gasteiger partial charge in [-0.1, -0.05) is 24.3 Å². The van der Waals surface area contributed by atoms with Crippen molar-refractivity contribution in [2.24, 2.45) is 0 Å². The Balaban J connectivity index is 2.45. The third-order valence-corrected chi connectivity index (χ3v) is 3.92. The quantitative estimate of drug-likeness (QED) is 0.918. The van der Waals surface area contributed by atoms with Gasteiger partial charge in [-0.15, -0.1) is 11.3 Å². The summed E-state index contributed by atoms with van der Waals surface area (Å²) < 4.78 is 13.8. The Morgan fingerprint density at radius 1 is 1.33 bits per heavy atom. The molecule has 1 aromatic carbocycles. The fourth-order valence-electron chi connectivity index (χ4n) is 1.96. The van der Waals surface area contributed by atoms with Crippen molar-refractivity contribution in [3.8, 4) is 0 Å². The maximum absolute atomic E-state index is 13.8.